The molecule has 1 aliphatic heterocycles. The third kappa shape index (κ3) is 3.98. The number of amides is 1. The van der Waals surface area contributed by atoms with Crippen LogP contribution in [-0.2, 0) is 11.4 Å². The Morgan fingerprint density at radius 3 is 2.47 bits per heavy atom. The van der Waals surface area contributed by atoms with Crippen LogP contribution in [0.25, 0.3) is 0 Å². The lowest BCUT2D eigenvalue weighted by atomic mass is 10.1. The van der Waals surface area contributed by atoms with Crippen LogP contribution in [0.2, 0.25) is 0 Å². The van der Waals surface area contributed by atoms with Crippen LogP contribution < -0.4 is 0 Å². The predicted octanol–water partition coefficient (Wildman–Crippen LogP) is 2.67. The van der Waals surface area contributed by atoms with E-state index in [9.17, 15) is 4.79 Å². The molecule has 1 aromatic rings. The smallest absolute Gasteiger partial charge is 0.235 e. The summed E-state index contributed by atoms with van der Waals surface area (Å²) in [4.78, 5) is 15.4. The largest absolute Gasteiger partial charge is 0.392 e. The van der Waals surface area contributed by atoms with Gasteiger partial charge in [-0.1, -0.05) is 12.1 Å². The van der Waals surface area contributed by atoms with Crippen molar-refractivity contribution in [1.29, 1.82) is 0 Å². The number of benzene rings is 1. The number of hydrogen-bond donors (Lipinski definition) is 1. The predicted molar refractivity (Wildman–Crippen MR) is 78.1 cm³/mol. The van der Waals surface area contributed by atoms with Gasteiger partial charge in [0.2, 0.25) is 5.91 Å². The summed E-state index contributed by atoms with van der Waals surface area (Å²) in [6.45, 7) is 3.86. The number of rotatable bonds is 4. The van der Waals surface area contributed by atoms with Crippen LogP contribution in [0, 0.1) is 0 Å². The lowest BCUT2D eigenvalue weighted by Gasteiger charge is -2.29. The maximum absolute atomic E-state index is 12.3. The van der Waals surface area contributed by atoms with Crippen molar-refractivity contribution in [3.63, 3.8) is 0 Å². The standard InChI is InChI=1S/C15H21NO2S/c1-12(15(18)16-9-3-2-4-10-16)19-14-7-5-13(11-17)6-8-14/h5-8,12,17H,2-4,9-11H2,1H3. The van der Waals surface area contributed by atoms with Gasteiger partial charge in [-0.15, -0.1) is 11.8 Å². The van der Waals surface area contributed by atoms with Crippen molar-refractivity contribution >= 4 is 17.7 Å². The molecule has 4 heteroatoms. The molecule has 0 spiro atoms. The second-order valence-electron chi connectivity index (χ2n) is 4.95. The number of likely N-dealkylation sites (tertiary alicyclic amines) is 1. The monoisotopic (exact) mass is 279 g/mol. The van der Waals surface area contributed by atoms with E-state index < -0.39 is 0 Å². The average Bonchev–Trinajstić information content (AvgIpc) is 2.48. The molecule has 0 radical (unpaired) electrons. The second kappa shape index (κ2) is 6.96. The van der Waals surface area contributed by atoms with E-state index in [4.69, 9.17) is 5.11 Å². The number of thioether (sulfide) groups is 1. The minimum atomic E-state index is -0.0434. The molecule has 0 aliphatic carbocycles. The maximum Gasteiger partial charge on any atom is 0.235 e. The van der Waals surface area contributed by atoms with Crippen molar-refractivity contribution in [2.24, 2.45) is 0 Å². The average molecular weight is 279 g/mol. The molecule has 104 valence electrons. The first-order chi connectivity index (χ1) is 9.20. The van der Waals surface area contributed by atoms with Gasteiger partial charge in [0.25, 0.3) is 0 Å². The fourth-order valence-corrected chi connectivity index (χ4v) is 3.25. The first-order valence-electron chi connectivity index (χ1n) is 6.86. The Labute approximate surface area is 119 Å². The second-order valence-corrected chi connectivity index (χ2v) is 6.36. The molecule has 0 aromatic heterocycles. The molecule has 2 rings (SSSR count). The molecule has 0 bridgehead atoms. The highest BCUT2D eigenvalue weighted by Crippen LogP contribution is 2.25. The lowest BCUT2D eigenvalue weighted by molar-refractivity contribution is -0.131. The van der Waals surface area contributed by atoms with Crippen molar-refractivity contribution in [3.8, 4) is 0 Å². The molecule has 1 amide bonds. The number of aliphatic hydroxyl groups excluding tert-OH is 1. The Morgan fingerprint density at radius 2 is 1.89 bits per heavy atom. The molecule has 3 nitrogen and oxygen atoms in total. The van der Waals surface area contributed by atoms with Crippen LogP contribution in [0.3, 0.4) is 0 Å². The van der Waals surface area contributed by atoms with Crippen molar-refractivity contribution < 1.29 is 9.90 Å². The fourth-order valence-electron chi connectivity index (χ4n) is 2.30. The molecule has 19 heavy (non-hydrogen) atoms. The maximum atomic E-state index is 12.3. The third-order valence-corrected chi connectivity index (χ3v) is 4.53. The number of carbonyl (C=O) groups excluding carboxylic acids is 1. The molecule has 1 fully saturated rings. The SMILES string of the molecule is CC(Sc1ccc(CO)cc1)C(=O)N1CCCCC1. The lowest BCUT2D eigenvalue weighted by Crippen LogP contribution is -2.40. The van der Waals surface area contributed by atoms with E-state index in [0.29, 0.717) is 0 Å². The molecule has 1 N–H and O–H groups in total. The van der Waals surface area contributed by atoms with Gasteiger partial charge < -0.3 is 10.0 Å². The van der Waals surface area contributed by atoms with Gasteiger partial charge in [0.05, 0.1) is 11.9 Å². The van der Waals surface area contributed by atoms with Gasteiger partial charge in [-0.2, -0.15) is 0 Å². The molecule has 1 unspecified atom stereocenters. The van der Waals surface area contributed by atoms with Crippen molar-refractivity contribution in [2.45, 2.75) is 42.9 Å². The highest BCUT2D eigenvalue weighted by atomic mass is 32.2. The molecule has 1 saturated heterocycles. The molecule has 1 aromatic carbocycles. The highest BCUT2D eigenvalue weighted by molar-refractivity contribution is 8.00. The van der Waals surface area contributed by atoms with Gasteiger partial charge in [-0.05, 0) is 43.9 Å². The Hall–Kier alpha value is -1.00. The summed E-state index contributed by atoms with van der Waals surface area (Å²) in [5.74, 6) is 0.246. The van der Waals surface area contributed by atoms with Crippen LogP contribution in [0.15, 0.2) is 29.2 Å². The van der Waals surface area contributed by atoms with Gasteiger partial charge in [0, 0.05) is 18.0 Å². The first kappa shape index (κ1) is 14.4. The summed E-state index contributed by atoms with van der Waals surface area (Å²) in [6.07, 6.45) is 3.51. The first-order valence-corrected chi connectivity index (χ1v) is 7.74. The minimum absolute atomic E-state index is 0.0434. The van der Waals surface area contributed by atoms with Gasteiger partial charge >= 0.3 is 0 Å². The van der Waals surface area contributed by atoms with Crippen LogP contribution in [-0.4, -0.2) is 34.3 Å². The molecule has 1 aliphatic rings. The van der Waals surface area contributed by atoms with E-state index in [1.807, 2.05) is 36.1 Å². The zero-order chi connectivity index (χ0) is 13.7. The Bertz CT molecular complexity index is 413. The quantitative estimate of drug-likeness (QED) is 0.861. The number of nitrogens with zero attached hydrogens (tertiary/aromatic N) is 1. The summed E-state index contributed by atoms with van der Waals surface area (Å²) in [6, 6.07) is 7.74. The minimum Gasteiger partial charge on any atom is -0.392 e. The zero-order valence-corrected chi connectivity index (χ0v) is 12.2. The van der Waals surface area contributed by atoms with Crippen LogP contribution in [0.4, 0.5) is 0 Å². The summed E-state index contributed by atoms with van der Waals surface area (Å²) in [7, 11) is 0. The van der Waals surface area contributed by atoms with Gasteiger partial charge in [-0.25, -0.2) is 0 Å². The summed E-state index contributed by atoms with van der Waals surface area (Å²) in [5, 5.41) is 8.96. The normalized spacial score (nSPS) is 17.3. The Morgan fingerprint density at radius 1 is 1.26 bits per heavy atom. The molecular formula is C15H21NO2S. The Kier molecular flexibility index (Phi) is 5.28. The van der Waals surface area contributed by atoms with E-state index in [1.165, 1.54) is 6.42 Å². The molecule has 0 saturated carbocycles. The van der Waals surface area contributed by atoms with Gasteiger partial charge in [0.1, 0.15) is 0 Å². The van der Waals surface area contributed by atoms with E-state index in [-0.39, 0.29) is 17.8 Å². The number of piperidine rings is 1. The summed E-state index contributed by atoms with van der Waals surface area (Å²) < 4.78 is 0. The van der Waals surface area contributed by atoms with Crippen LogP contribution in [0.5, 0.6) is 0 Å². The highest BCUT2D eigenvalue weighted by Gasteiger charge is 2.22. The fraction of sp³-hybridized carbons (Fsp3) is 0.533. The summed E-state index contributed by atoms with van der Waals surface area (Å²) in [5.41, 5.74) is 0.902. The number of hydrogen-bond acceptors (Lipinski definition) is 3. The van der Waals surface area contributed by atoms with Crippen molar-refractivity contribution in [2.75, 3.05) is 13.1 Å². The van der Waals surface area contributed by atoms with E-state index >= 15 is 0 Å². The molecule has 1 atom stereocenters. The van der Waals surface area contributed by atoms with E-state index in [2.05, 4.69) is 0 Å². The van der Waals surface area contributed by atoms with Crippen molar-refractivity contribution in [1.82, 2.24) is 4.90 Å². The topological polar surface area (TPSA) is 40.5 Å². The van der Waals surface area contributed by atoms with E-state index in [1.54, 1.807) is 11.8 Å². The third-order valence-electron chi connectivity index (χ3n) is 3.43. The molecule has 1 heterocycles. The van der Waals surface area contributed by atoms with Crippen molar-refractivity contribution in [3.05, 3.63) is 29.8 Å². The van der Waals surface area contributed by atoms with Gasteiger partial charge in [0.15, 0.2) is 0 Å². The summed E-state index contributed by atoms with van der Waals surface area (Å²) >= 11 is 1.59. The zero-order valence-electron chi connectivity index (χ0n) is 11.3. The molecular weight excluding hydrogens is 258 g/mol. The van der Waals surface area contributed by atoms with E-state index in [0.717, 1.165) is 36.4 Å². The van der Waals surface area contributed by atoms with Gasteiger partial charge in [-0.3, -0.25) is 4.79 Å². The Balaban J connectivity index is 1.91. The van der Waals surface area contributed by atoms with Crippen LogP contribution >= 0.6 is 11.8 Å². The number of aliphatic hydroxyl groups is 1. The number of carbonyl (C=O) groups is 1. The van der Waals surface area contributed by atoms with Crippen LogP contribution in [0.1, 0.15) is 31.7 Å².